The van der Waals surface area contributed by atoms with Crippen molar-refractivity contribution in [2.24, 2.45) is 0 Å². The van der Waals surface area contributed by atoms with E-state index in [4.69, 9.17) is 10.8 Å². The second kappa shape index (κ2) is 4.70. The number of hydrogen-bond acceptors (Lipinski definition) is 2. The summed E-state index contributed by atoms with van der Waals surface area (Å²) in [5.74, 6) is 3.33. The first-order valence-corrected chi connectivity index (χ1v) is 3.02. The van der Waals surface area contributed by atoms with Crippen molar-refractivity contribution in [3.8, 4) is 12.3 Å². The van der Waals surface area contributed by atoms with Gasteiger partial charge >= 0.3 is 0 Å². The summed E-state index contributed by atoms with van der Waals surface area (Å²) in [6.45, 7) is 0.577. The predicted molar refractivity (Wildman–Crippen MR) is 48.1 cm³/mol. The molecule has 0 bridgehead atoms. The highest BCUT2D eigenvalue weighted by molar-refractivity contribution is 5.85. The van der Waals surface area contributed by atoms with Gasteiger partial charge in [-0.2, -0.15) is 0 Å². The van der Waals surface area contributed by atoms with Crippen LogP contribution in [0.15, 0.2) is 22.8 Å². The van der Waals surface area contributed by atoms with Gasteiger partial charge < -0.3 is 9.32 Å². The van der Waals surface area contributed by atoms with E-state index in [-0.39, 0.29) is 12.4 Å². The summed E-state index contributed by atoms with van der Waals surface area (Å²) in [6.07, 6.45) is 6.73. The van der Waals surface area contributed by atoms with Crippen LogP contribution in [0.25, 0.3) is 0 Å². The molecule has 0 unspecified atom stereocenters. The predicted octanol–water partition coefficient (Wildman–Crippen LogP) is 1.77. The Morgan fingerprint density at radius 2 is 2.45 bits per heavy atom. The molecule has 1 heterocycles. The van der Waals surface area contributed by atoms with Gasteiger partial charge in [0.1, 0.15) is 0 Å². The topological polar surface area (TPSA) is 16.4 Å². The molecule has 0 saturated carbocycles. The van der Waals surface area contributed by atoms with Crippen molar-refractivity contribution in [2.75, 3.05) is 18.5 Å². The van der Waals surface area contributed by atoms with Crippen LogP contribution in [-0.2, 0) is 0 Å². The highest BCUT2D eigenvalue weighted by Crippen LogP contribution is 2.10. The molecule has 1 aromatic heterocycles. The fraction of sp³-hybridized carbons (Fsp3) is 0.250. The van der Waals surface area contributed by atoms with Gasteiger partial charge in [-0.1, -0.05) is 5.92 Å². The third-order valence-corrected chi connectivity index (χ3v) is 1.21. The largest absolute Gasteiger partial charge is 0.449 e. The van der Waals surface area contributed by atoms with Gasteiger partial charge in [0.25, 0.3) is 0 Å². The molecular formula is C8H10ClNO. The first kappa shape index (κ1) is 9.93. The first-order chi connectivity index (χ1) is 4.84. The maximum atomic E-state index is 5.10. The van der Waals surface area contributed by atoms with Gasteiger partial charge in [-0.15, -0.1) is 18.8 Å². The fourth-order valence-corrected chi connectivity index (χ4v) is 0.702. The van der Waals surface area contributed by atoms with E-state index in [0.29, 0.717) is 6.54 Å². The molecule has 11 heavy (non-hydrogen) atoms. The molecule has 0 aromatic carbocycles. The zero-order chi connectivity index (χ0) is 7.40. The van der Waals surface area contributed by atoms with Crippen molar-refractivity contribution >= 4 is 18.3 Å². The number of hydrogen-bond donors (Lipinski definition) is 0. The Morgan fingerprint density at radius 3 is 2.91 bits per heavy atom. The molecule has 0 amide bonds. The lowest BCUT2D eigenvalue weighted by Gasteiger charge is -2.10. The SMILES string of the molecule is C#CCN(C)c1ccco1.Cl. The van der Waals surface area contributed by atoms with Crippen LogP contribution in [0, 0.1) is 12.3 Å². The number of terminal acetylenes is 1. The Labute approximate surface area is 72.6 Å². The number of nitrogens with zero attached hydrogens (tertiary/aromatic N) is 1. The molecule has 0 aliphatic heterocycles. The van der Waals surface area contributed by atoms with E-state index < -0.39 is 0 Å². The lowest BCUT2D eigenvalue weighted by Crippen LogP contribution is -2.15. The van der Waals surface area contributed by atoms with Crippen LogP contribution in [-0.4, -0.2) is 13.6 Å². The van der Waals surface area contributed by atoms with Crippen LogP contribution in [0.2, 0.25) is 0 Å². The third kappa shape index (κ3) is 2.57. The molecule has 2 nitrogen and oxygen atoms in total. The van der Waals surface area contributed by atoms with Crippen molar-refractivity contribution in [1.82, 2.24) is 0 Å². The smallest absolute Gasteiger partial charge is 0.195 e. The lowest BCUT2D eigenvalue weighted by atomic mass is 10.5. The van der Waals surface area contributed by atoms with Crippen molar-refractivity contribution in [1.29, 1.82) is 0 Å². The lowest BCUT2D eigenvalue weighted by molar-refractivity contribution is 0.561. The summed E-state index contributed by atoms with van der Waals surface area (Å²) < 4.78 is 5.08. The highest BCUT2D eigenvalue weighted by atomic mass is 35.5. The number of rotatable bonds is 2. The molecule has 1 rings (SSSR count). The molecule has 0 spiro atoms. The molecule has 1 aromatic rings. The summed E-state index contributed by atoms with van der Waals surface area (Å²) in [7, 11) is 1.89. The van der Waals surface area contributed by atoms with Gasteiger partial charge in [0.15, 0.2) is 5.88 Å². The Morgan fingerprint density at radius 1 is 1.73 bits per heavy atom. The van der Waals surface area contributed by atoms with Gasteiger partial charge in [0.05, 0.1) is 12.8 Å². The third-order valence-electron chi connectivity index (χ3n) is 1.21. The molecule has 0 aliphatic rings. The summed E-state index contributed by atoms with van der Waals surface area (Å²) in [6, 6.07) is 3.71. The van der Waals surface area contributed by atoms with Gasteiger partial charge in [-0.05, 0) is 6.07 Å². The van der Waals surface area contributed by atoms with Crippen molar-refractivity contribution in [3.05, 3.63) is 18.4 Å². The minimum Gasteiger partial charge on any atom is -0.449 e. The van der Waals surface area contributed by atoms with E-state index in [9.17, 15) is 0 Å². The second-order valence-corrected chi connectivity index (χ2v) is 2.01. The van der Waals surface area contributed by atoms with Crippen molar-refractivity contribution < 1.29 is 4.42 Å². The maximum Gasteiger partial charge on any atom is 0.195 e. The highest BCUT2D eigenvalue weighted by Gasteiger charge is 1.98. The van der Waals surface area contributed by atoms with E-state index in [1.807, 2.05) is 24.1 Å². The molecule has 60 valence electrons. The number of halogens is 1. The summed E-state index contributed by atoms with van der Waals surface area (Å²) in [4.78, 5) is 1.86. The van der Waals surface area contributed by atoms with E-state index in [2.05, 4.69) is 5.92 Å². The summed E-state index contributed by atoms with van der Waals surface area (Å²) >= 11 is 0. The fourth-order valence-electron chi connectivity index (χ4n) is 0.702. The Hall–Kier alpha value is -1.07. The zero-order valence-corrected chi connectivity index (χ0v) is 7.10. The standard InChI is InChI=1S/C8H9NO.ClH/c1-3-6-9(2)8-5-4-7-10-8;/h1,4-5,7H,6H2,2H3;1H. The first-order valence-electron chi connectivity index (χ1n) is 3.02. The average Bonchev–Trinajstić information content (AvgIpc) is 2.38. The van der Waals surface area contributed by atoms with Crippen LogP contribution >= 0.6 is 12.4 Å². The van der Waals surface area contributed by atoms with E-state index in [1.54, 1.807) is 6.26 Å². The van der Waals surface area contributed by atoms with Gasteiger partial charge in [-0.25, -0.2) is 0 Å². The monoisotopic (exact) mass is 171 g/mol. The molecule has 0 radical (unpaired) electrons. The average molecular weight is 172 g/mol. The van der Waals surface area contributed by atoms with Crippen LogP contribution in [0.1, 0.15) is 0 Å². The second-order valence-electron chi connectivity index (χ2n) is 2.01. The minimum absolute atomic E-state index is 0. The van der Waals surface area contributed by atoms with Crippen LogP contribution in [0.5, 0.6) is 0 Å². The van der Waals surface area contributed by atoms with Gasteiger partial charge in [0, 0.05) is 13.1 Å². The van der Waals surface area contributed by atoms with Gasteiger partial charge in [-0.3, -0.25) is 0 Å². The van der Waals surface area contributed by atoms with Crippen LogP contribution < -0.4 is 4.90 Å². The molecule has 0 saturated heterocycles. The van der Waals surface area contributed by atoms with Crippen LogP contribution in [0.3, 0.4) is 0 Å². The van der Waals surface area contributed by atoms with Crippen LogP contribution in [0.4, 0.5) is 5.88 Å². The van der Waals surface area contributed by atoms with E-state index >= 15 is 0 Å². The molecule has 0 atom stereocenters. The van der Waals surface area contributed by atoms with Crippen molar-refractivity contribution in [3.63, 3.8) is 0 Å². The molecule has 3 heteroatoms. The maximum absolute atomic E-state index is 5.10. The molecule has 0 fully saturated rings. The van der Waals surface area contributed by atoms with Gasteiger partial charge in [0.2, 0.25) is 0 Å². The van der Waals surface area contributed by atoms with E-state index in [0.717, 1.165) is 5.88 Å². The summed E-state index contributed by atoms with van der Waals surface area (Å²) in [5.41, 5.74) is 0. The minimum atomic E-state index is 0. The zero-order valence-electron chi connectivity index (χ0n) is 6.28. The number of anilines is 1. The quantitative estimate of drug-likeness (QED) is 0.631. The summed E-state index contributed by atoms with van der Waals surface area (Å²) in [5, 5.41) is 0. The Bertz CT molecular complexity index is 225. The molecule has 0 N–H and O–H groups in total. The normalized spacial score (nSPS) is 8.00. The van der Waals surface area contributed by atoms with Crippen molar-refractivity contribution in [2.45, 2.75) is 0 Å². The molecular weight excluding hydrogens is 162 g/mol. The van der Waals surface area contributed by atoms with E-state index in [1.165, 1.54) is 0 Å². The molecule has 0 aliphatic carbocycles. The Balaban J connectivity index is 0.000001000. The number of furan rings is 1. The Kier molecular flexibility index (Phi) is 4.24.